The van der Waals surface area contributed by atoms with Gasteiger partial charge in [-0.25, -0.2) is 0 Å². The second-order valence-electron chi connectivity index (χ2n) is 0.268. The van der Waals surface area contributed by atoms with Gasteiger partial charge >= 0.3 is 16.8 Å². The standard InChI is InChI=1S/Co.3N3.5H2N/c;3*1-3-2;;;;;/h;;;;5*1H2/q+3;8*-1. The maximum Gasteiger partial charge on any atom is 3.00 e. The molecule has 0 aromatic heterocycles. The van der Waals surface area contributed by atoms with E-state index in [1.54, 1.807) is 0 Å². The number of rotatable bonds is 0. The van der Waals surface area contributed by atoms with E-state index in [1.807, 2.05) is 0 Å². The van der Waals surface area contributed by atoms with Crippen molar-refractivity contribution in [1.29, 1.82) is 0 Å². The van der Waals surface area contributed by atoms with Gasteiger partial charge < -0.3 is 63.9 Å². The Balaban J connectivity index is -0.00000000429. The third-order valence-corrected chi connectivity index (χ3v) is 0. The minimum absolute atomic E-state index is 0. The number of nitrogens with zero attached hydrogens (tertiary/aromatic N) is 9. The molecule has 0 fully saturated rings. The van der Waals surface area contributed by atoms with Crippen LogP contribution in [0.4, 0.5) is 0 Å². The van der Waals surface area contributed by atoms with Gasteiger partial charge in [0.25, 0.3) is 0 Å². The van der Waals surface area contributed by atoms with Crippen molar-refractivity contribution in [3.63, 3.8) is 0 Å². The Morgan fingerprint density at radius 3 is 0.400 bits per heavy atom. The molecule has 0 saturated heterocycles. The normalized spacial score (nSPS) is 1.60. The summed E-state index contributed by atoms with van der Waals surface area (Å²) in [6, 6.07) is 0. The van der Waals surface area contributed by atoms with Crippen molar-refractivity contribution in [3.8, 4) is 0 Å². The Morgan fingerprint density at radius 1 is 0.400 bits per heavy atom. The Hall–Kier alpha value is -1.76. The Morgan fingerprint density at radius 2 is 0.400 bits per heavy atom. The van der Waals surface area contributed by atoms with Gasteiger partial charge in [-0.05, 0) is 0 Å². The van der Waals surface area contributed by atoms with Gasteiger partial charge in [-0.15, -0.1) is 0 Å². The van der Waals surface area contributed by atoms with Crippen LogP contribution in [-0.2, 0) is 16.8 Å². The molecule has 0 spiro atoms. The summed E-state index contributed by atoms with van der Waals surface area (Å²) in [6.45, 7) is 0. The van der Waals surface area contributed by atoms with Crippen molar-refractivity contribution >= 4 is 0 Å². The topological polar surface area (TPSA) is 344 Å². The van der Waals surface area contributed by atoms with Gasteiger partial charge in [-0.2, -0.15) is 0 Å². The molecule has 0 aliphatic carbocycles. The zero-order valence-corrected chi connectivity index (χ0v) is 8.29. The molecule has 0 saturated carbocycles. The van der Waals surface area contributed by atoms with E-state index >= 15 is 0 Å². The molecule has 0 aliphatic rings. The first-order chi connectivity index (χ1) is 4.24. The van der Waals surface area contributed by atoms with Crippen molar-refractivity contribution in [1.82, 2.24) is 0 Å². The van der Waals surface area contributed by atoms with Crippen LogP contribution < -0.4 is 0 Å². The molecule has 0 atom stereocenters. The van der Waals surface area contributed by atoms with E-state index in [0.717, 1.165) is 0 Å². The third kappa shape index (κ3) is 412. The Labute approximate surface area is 96.2 Å². The van der Waals surface area contributed by atoms with Crippen LogP contribution in [0, 0.1) is 0 Å². The maximum atomic E-state index is 6.75. The summed E-state index contributed by atoms with van der Waals surface area (Å²) in [6.07, 6.45) is 0. The molecular weight excluding hydrogens is 255 g/mol. The molecule has 15 heteroatoms. The van der Waals surface area contributed by atoms with E-state index in [4.69, 9.17) is 33.2 Å². The summed E-state index contributed by atoms with van der Waals surface area (Å²) < 4.78 is 0. The predicted molar refractivity (Wildman–Crippen MR) is 56.7 cm³/mol. The average molecular weight is 265 g/mol. The molecule has 10 N–H and O–H groups in total. The number of hydrogen-bond acceptors (Lipinski definition) is 0. The van der Waals surface area contributed by atoms with Crippen LogP contribution in [0.1, 0.15) is 0 Å². The molecule has 0 aliphatic heterocycles. The monoisotopic (exact) mass is 265 g/mol. The fourth-order valence-electron chi connectivity index (χ4n) is 0. The first-order valence-corrected chi connectivity index (χ1v) is 1.20. The van der Waals surface area contributed by atoms with Crippen LogP contribution in [0.2, 0.25) is 0 Å². The molecular formula is H10CoN14-5. The molecule has 15 heavy (non-hydrogen) atoms. The van der Waals surface area contributed by atoms with Gasteiger partial charge in [0, 0.05) is 0 Å². The zero-order valence-electron chi connectivity index (χ0n) is 7.25. The Kier molecular flexibility index (Phi) is 7440. The van der Waals surface area contributed by atoms with Crippen molar-refractivity contribution in [3.05, 3.63) is 78.7 Å². The predicted octanol–water partition coefficient (Wildman–Crippen LogP) is 6.18. The van der Waals surface area contributed by atoms with Gasteiger partial charge in [0.05, 0.1) is 0 Å². The number of nitrogens with two attached hydrogens (primary N) is 5. The van der Waals surface area contributed by atoms with Crippen LogP contribution in [-0.4, -0.2) is 0 Å². The van der Waals surface area contributed by atoms with E-state index in [9.17, 15) is 0 Å². The van der Waals surface area contributed by atoms with Gasteiger partial charge in [-0.3, -0.25) is 14.7 Å². The van der Waals surface area contributed by atoms with Crippen LogP contribution in [0.15, 0.2) is 0 Å². The number of hydrogen-bond donors (Lipinski definition) is 0. The molecule has 14 nitrogen and oxygen atoms in total. The first-order valence-electron chi connectivity index (χ1n) is 1.20. The summed E-state index contributed by atoms with van der Waals surface area (Å²) >= 11 is 0. The summed E-state index contributed by atoms with van der Waals surface area (Å²) in [5.41, 5.74) is 40.5. The van der Waals surface area contributed by atoms with E-state index in [0.29, 0.717) is 0 Å². The molecule has 0 heterocycles. The minimum atomic E-state index is 0. The quantitative estimate of drug-likeness (QED) is 0.268. The summed E-state index contributed by atoms with van der Waals surface area (Å²) in [5, 5.41) is 0. The fraction of sp³-hybridized carbons (Fsp3) is 0. The van der Waals surface area contributed by atoms with Crippen LogP contribution in [0.25, 0.3) is 78.7 Å². The first kappa shape index (κ1) is 110. The van der Waals surface area contributed by atoms with Gasteiger partial charge in [0.2, 0.25) is 0 Å². The summed E-state index contributed by atoms with van der Waals surface area (Å²) in [5.74, 6) is 0. The second kappa shape index (κ2) is 1010. The molecule has 0 amide bonds. The van der Waals surface area contributed by atoms with Crippen LogP contribution in [0.3, 0.4) is 0 Å². The molecule has 0 aromatic rings. The largest absolute Gasteiger partial charge is 3.00 e. The molecule has 0 unspecified atom stereocenters. The van der Waals surface area contributed by atoms with Crippen LogP contribution >= 0.6 is 0 Å². The SMILES string of the molecule is [Co+3].[N-]=[N+]=[N-].[N-]=[N+]=[N-].[N-]=[N+]=[N-].[NH2-].[NH2-].[NH2-].[NH2-].[NH2-]. The zero-order chi connectivity index (χ0) is 8.12. The summed E-state index contributed by atoms with van der Waals surface area (Å²) in [7, 11) is 0. The van der Waals surface area contributed by atoms with Crippen LogP contribution in [0.5, 0.6) is 0 Å². The minimum Gasteiger partial charge on any atom is -0.693 e. The van der Waals surface area contributed by atoms with Gasteiger partial charge in [-0.1, -0.05) is 0 Å². The molecule has 0 radical (unpaired) electrons. The maximum absolute atomic E-state index is 6.75. The third-order valence-electron chi connectivity index (χ3n) is 0. The molecule has 0 rings (SSSR count). The van der Waals surface area contributed by atoms with Crippen molar-refractivity contribution in [2.45, 2.75) is 0 Å². The van der Waals surface area contributed by atoms with E-state index < -0.39 is 0 Å². The Bertz CT molecular complexity index is 96.9. The fourth-order valence-corrected chi connectivity index (χ4v) is 0. The van der Waals surface area contributed by atoms with E-state index in [-0.39, 0.29) is 47.5 Å². The second-order valence-corrected chi connectivity index (χ2v) is 0.268. The van der Waals surface area contributed by atoms with Crippen molar-refractivity contribution in [2.24, 2.45) is 0 Å². The van der Waals surface area contributed by atoms with E-state index in [2.05, 4.69) is 0 Å². The van der Waals surface area contributed by atoms with Crippen molar-refractivity contribution < 1.29 is 16.8 Å². The molecule has 0 aromatic carbocycles. The summed E-state index contributed by atoms with van der Waals surface area (Å²) in [4.78, 5) is 4.50. The smallest absolute Gasteiger partial charge is 0.693 e. The van der Waals surface area contributed by atoms with Gasteiger partial charge in [0.15, 0.2) is 0 Å². The molecule has 94 valence electrons. The van der Waals surface area contributed by atoms with Gasteiger partial charge in [0.1, 0.15) is 0 Å². The average Bonchev–Trinajstić information content (AvgIpc) is 1.70. The molecule has 0 bridgehead atoms. The van der Waals surface area contributed by atoms with E-state index in [1.165, 1.54) is 14.7 Å². The van der Waals surface area contributed by atoms with Crippen molar-refractivity contribution in [2.75, 3.05) is 0 Å².